The van der Waals surface area contributed by atoms with Crippen molar-refractivity contribution in [2.75, 3.05) is 13.6 Å². The van der Waals surface area contributed by atoms with E-state index in [-0.39, 0.29) is 11.7 Å². The largest absolute Gasteiger partial charge is 0.338 e. The second kappa shape index (κ2) is 25.8. The Balaban J connectivity index is 3.46. The van der Waals surface area contributed by atoms with Gasteiger partial charge in [0.25, 0.3) is 0 Å². The number of ketones is 1. The minimum Gasteiger partial charge on any atom is -0.338 e. The van der Waals surface area contributed by atoms with Gasteiger partial charge in [0.15, 0.2) is 5.78 Å². The summed E-state index contributed by atoms with van der Waals surface area (Å²) in [6.45, 7) is 4.83. The highest BCUT2D eigenvalue weighted by molar-refractivity contribution is 5.85. The maximum atomic E-state index is 12.3. The molecule has 0 rings (SSSR count). The van der Waals surface area contributed by atoms with E-state index >= 15 is 0 Å². The maximum Gasteiger partial charge on any atom is 0.222 e. The molecule has 0 bridgehead atoms. The number of amides is 1. The fourth-order valence-corrected chi connectivity index (χ4v) is 4.55. The molecule has 0 N–H and O–H groups in total. The number of carbonyl (C=O) groups is 2. The standard InChI is InChI=1S/C30H59NO2/c1-4-6-8-10-12-14-16-18-20-22-24-26-29(32)28-31(3)30(33)27-25-23-21-19-17-15-13-11-9-7-5-2/h4-28H2,1-3H3. The summed E-state index contributed by atoms with van der Waals surface area (Å²) in [4.78, 5) is 26.1. The van der Waals surface area contributed by atoms with Gasteiger partial charge in [0.05, 0.1) is 6.54 Å². The van der Waals surface area contributed by atoms with Gasteiger partial charge >= 0.3 is 0 Å². The van der Waals surface area contributed by atoms with Crippen LogP contribution in [0.2, 0.25) is 0 Å². The highest BCUT2D eigenvalue weighted by Gasteiger charge is 2.12. The second-order valence-corrected chi connectivity index (χ2v) is 10.4. The number of hydrogen-bond donors (Lipinski definition) is 0. The molecular formula is C30H59NO2. The second-order valence-electron chi connectivity index (χ2n) is 10.4. The van der Waals surface area contributed by atoms with Crippen LogP contribution in [0.25, 0.3) is 0 Å². The lowest BCUT2D eigenvalue weighted by Gasteiger charge is -2.16. The van der Waals surface area contributed by atoms with Gasteiger partial charge in [-0.25, -0.2) is 0 Å². The van der Waals surface area contributed by atoms with Crippen molar-refractivity contribution in [3.8, 4) is 0 Å². The number of carbonyl (C=O) groups excluding carboxylic acids is 2. The van der Waals surface area contributed by atoms with Gasteiger partial charge in [-0.3, -0.25) is 9.59 Å². The van der Waals surface area contributed by atoms with Crippen LogP contribution in [-0.4, -0.2) is 30.2 Å². The van der Waals surface area contributed by atoms with E-state index < -0.39 is 0 Å². The van der Waals surface area contributed by atoms with E-state index in [0.717, 1.165) is 25.7 Å². The first-order valence-electron chi connectivity index (χ1n) is 14.9. The van der Waals surface area contributed by atoms with Crippen molar-refractivity contribution in [2.45, 2.75) is 168 Å². The molecule has 0 aliphatic heterocycles. The summed E-state index contributed by atoms with van der Waals surface area (Å²) < 4.78 is 0. The molecule has 0 aliphatic rings. The molecule has 0 heterocycles. The van der Waals surface area contributed by atoms with Gasteiger partial charge in [-0.2, -0.15) is 0 Å². The zero-order chi connectivity index (χ0) is 24.4. The van der Waals surface area contributed by atoms with Crippen LogP contribution in [0.4, 0.5) is 0 Å². The van der Waals surface area contributed by atoms with Crippen LogP contribution >= 0.6 is 0 Å². The first kappa shape index (κ1) is 32.1. The molecule has 0 atom stereocenters. The van der Waals surface area contributed by atoms with Crippen molar-refractivity contribution >= 4 is 11.7 Å². The third-order valence-electron chi connectivity index (χ3n) is 6.89. The van der Waals surface area contributed by atoms with Crippen LogP contribution in [0.1, 0.15) is 168 Å². The molecular weight excluding hydrogens is 406 g/mol. The third-order valence-corrected chi connectivity index (χ3v) is 6.89. The molecule has 1 amide bonds. The van der Waals surface area contributed by atoms with Crippen LogP contribution in [0, 0.1) is 0 Å². The average Bonchev–Trinajstić information content (AvgIpc) is 2.80. The summed E-state index contributed by atoms with van der Waals surface area (Å²) in [5.41, 5.74) is 0. The molecule has 0 aliphatic carbocycles. The van der Waals surface area contributed by atoms with E-state index in [2.05, 4.69) is 13.8 Å². The number of Topliss-reactive ketones (excluding diaryl/α,β-unsaturated/α-hetero) is 1. The van der Waals surface area contributed by atoms with Gasteiger partial charge in [-0.1, -0.05) is 142 Å². The molecule has 0 spiro atoms. The zero-order valence-electron chi connectivity index (χ0n) is 22.9. The molecule has 0 aromatic rings. The Labute approximate surface area is 207 Å². The van der Waals surface area contributed by atoms with Gasteiger partial charge < -0.3 is 4.90 Å². The SMILES string of the molecule is CCCCCCCCCCCCCC(=O)CN(C)C(=O)CCCCCCCCCCCCC. The van der Waals surface area contributed by atoms with Crippen LogP contribution in [0.15, 0.2) is 0 Å². The normalized spacial score (nSPS) is 11.1. The Morgan fingerprint density at radius 2 is 0.758 bits per heavy atom. The van der Waals surface area contributed by atoms with E-state index in [0.29, 0.717) is 19.4 Å². The quantitative estimate of drug-likeness (QED) is 0.119. The van der Waals surface area contributed by atoms with Gasteiger partial charge in [0.1, 0.15) is 0 Å². The molecule has 0 saturated heterocycles. The number of unbranched alkanes of at least 4 members (excludes halogenated alkanes) is 20. The Bertz CT molecular complexity index is 435. The topological polar surface area (TPSA) is 37.4 Å². The molecule has 196 valence electrons. The van der Waals surface area contributed by atoms with Gasteiger partial charge in [0, 0.05) is 19.9 Å². The smallest absolute Gasteiger partial charge is 0.222 e. The summed E-state index contributed by atoms with van der Waals surface area (Å²) in [5.74, 6) is 0.360. The van der Waals surface area contributed by atoms with Crippen LogP contribution in [0.3, 0.4) is 0 Å². The van der Waals surface area contributed by atoms with Crippen molar-refractivity contribution in [1.82, 2.24) is 4.90 Å². The lowest BCUT2D eigenvalue weighted by Crippen LogP contribution is -2.31. The monoisotopic (exact) mass is 465 g/mol. The van der Waals surface area contributed by atoms with Gasteiger partial charge in [0.2, 0.25) is 5.91 Å². The number of rotatable bonds is 26. The molecule has 33 heavy (non-hydrogen) atoms. The average molecular weight is 466 g/mol. The van der Waals surface area contributed by atoms with Crippen molar-refractivity contribution in [2.24, 2.45) is 0 Å². The fourth-order valence-electron chi connectivity index (χ4n) is 4.55. The van der Waals surface area contributed by atoms with Crippen LogP contribution in [0.5, 0.6) is 0 Å². The van der Waals surface area contributed by atoms with Crippen molar-refractivity contribution < 1.29 is 9.59 Å². The minimum absolute atomic E-state index is 0.137. The summed E-state index contributed by atoms with van der Waals surface area (Å²) in [7, 11) is 1.79. The first-order valence-corrected chi connectivity index (χ1v) is 14.9. The predicted molar refractivity (Wildman–Crippen MR) is 145 cm³/mol. The number of likely N-dealkylation sites (N-methyl/N-ethyl adjacent to an activating group) is 1. The summed E-state index contributed by atoms with van der Waals surface area (Å²) >= 11 is 0. The van der Waals surface area contributed by atoms with Crippen molar-refractivity contribution in [3.63, 3.8) is 0 Å². The minimum atomic E-state index is 0.137. The van der Waals surface area contributed by atoms with E-state index in [9.17, 15) is 9.59 Å². The van der Waals surface area contributed by atoms with E-state index in [4.69, 9.17) is 0 Å². The molecule has 0 radical (unpaired) electrons. The number of hydrogen-bond acceptors (Lipinski definition) is 2. The Hall–Kier alpha value is -0.860. The molecule has 3 nitrogen and oxygen atoms in total. The third kappa shape index (κ3) is 24.1. The van der Waals surface area contributed by atoms with E-state index in [1.165, 1.54) is 116 Å². The first-order chi connectivity index (χ1) is 16.1. The summed E-state index contributed by atoms with van der Waals surface area (Å²) in [5, 5.41) is 0. The molecule has 0 aromatic heterocycles. The Morgan fingerprint density at radius 1 is 0.455 bits per heavy atom. The van der Waals surface area contributed by atoms with Gasteiger partial charge in [-0.15, -0.1) is 0 Å². The Kier molecular flexibility index (Phi) is 25.1. The molecule has 3 heteroatoms. The molecule has 0 fully saturated rings. The lowest BCUT2D eigenvalue weighted by atomic mass is 10.0. The summed E-state index contributed by atoms with van der Waals surface area (Å²) in [6.07, 6.45) is 29.7. The van der Waals surface area contributed by atoms with E-state index in [1.807, 2.05) is 0 Å². The van der Waals surface area contributed by atoms with E-state index in [1.54, 1.807) is 11.9 Å². The Morgan fingerprint density at radius 3 is 1.12 bits per heavy atom. The van der Waals surface area contributed by atoms with Crippen LogP contribution in [-0.2, 0) is 9.59 Å². The fraction of sp³-hybridized carbons (Fsp3) is 0.933. The summed E-state index contributed by atoms with van der Waals surface area (Å²) in [6, 6.07) is 0. The zero-order valence-corrected chi connectivity index (χ0v) is 22.9. The van der Waals surface area contributed by atoms with Gasteiger partial charge in [-0.05, 0) is 12.8 Å². The lowest BCUT2D eigenvalue weighted by molar-refractivity contribution is -0.134. The highest BCUT2D eigenvalue weighted by atomic mass is 16.2. The number of nitrogens with zero attached hydrogens (tertiary/aromatic N) is 1. The highest BCUT2D eigenvalue weighted by Crippen LogP contribution is 2.13. The molecule has 0 aromatic carbocycles. The molecule has 0 unspecified atom stereocenters. The molecule has 0 saturated carbocycles. The predicted octanol–water partition coefficient (Wildman–Crippen LogP) is 9.42. The maximum absolute atomic E-state index is 12.3. The van der Waals surface area contributed by atoms with Crippen molar-refractivity contribution in [1.29, 1.82) is 0 Å². The van der Waals surface area contributed by atoms with Crippen LogP contribution < -0.4 is 0 Å². The van der Waals surface area contributed by atoms with Crippen molar-refractivity contribution in [3.05, 3.63) is 0 Å².